The number of aliphatic hydroxyl groups excluding tert-OH is 1. The summed E-state index contributed by atoms with van der Waals surface area (Å²) in [5, 5.41) is 13.9. The second kappa shape index (κ2) is 10.0. The van der Waals surface area contributed by atoms with E-state index in [-0.39, 0.29) is 21.9 Å². The van der Waals surface area contributed by atoms with Gasteiger partial charge in [0.05, 0.1) is 29.9 Å². The molecule has 1 aromatic carbocycles. The van der Waals surface area contributed by atoms with Gasteiger partial charge >= 0.3 is 0 Å². The summed E-state index contributed by atoms with van der Waals surface area (Å²) < 4.78 is 11.4. The van der Waals surface area contributed by atoms with E-state index in [9.17, 15) is 9.90 Å². The zero-order valence-corrected chi connectivity index (χ0v) is 17.7. The summed E-state index contributed by atoms with van der Waals surface area (Å²) in [7, 11) is 0. The molecular formula is C20H28Cl2N2O4. The van der Waals surface area contributed by atoms with E-state index >= 15 is 0 Å². The molecule has 2 aliphatic rings. The first-order valence-corrected chi connectivity index (χ1v) is 10.7. The van der Waals surface area contributed by atoms with Gasteiger partial charge in [0.1, 0.15) is 5.02 Å². The van der Waals surface area contributed by atoms with Crippen molar-refractivity contribution < 1.29 is 19.4 Å². The molecule has 0 saturated carbocycles. The lowest BCUT2D eigenvalue weighted by atomic mass is 9.93. The molecule has 0 spiro atoms. The van der Waals surface area contributed by atoms with Crippen molar-refractivity contribution in [1.29, 1.82) is 0 Å². The predicted octanol–water partition coefficient (Wildman–Crippen LogP) is 3.37. The summed E-state index contributed by atoms with van der Waals surface area (Å²) in [4.78, 5) is 15.1. The zero-order valence-electron chi connectivity index (χ0n) is 16.2. The number of nitrogens with zero attached hydrogens (tertiary/aromatic N) is 1. The van der Waals surface area contributed by atoms with E-state index in [1.165, 1.54) is 6.07 Å². The summed E-state index contributed by atoms with van der Waals surface area (Å²) >= 11 is 12.4. The Labute approximate surface area is 176 Å². The molecule has 2 aliphatic heterocycles. The lowest BCUT2D eigenvalue weighted by Crippen LogP contribution is -2.47. The van der Waals surface area contributed by atoms with E-state index in [0.29, 0.717) is 49.8 Å². The molecule has 0 aliphatic carbocycles. The Morgan fingerprint density at radius 2 is 2.07 bits per heavy atom. The minimum atomic E-state index is -0.448. The third kappa shape index (κ3) is 5.03. The number of halogens is 2. The van der Waals surface area contributed by atoms with Crippen molar-refractivity contribution in [2.24, 2.45) is 5.92 Å². The van der Waals surface area contributed by atoms with E-state index in [1.807, 2.05) is 0 Å². The van der Waals surface area contributed by atoms with Crippen LogP contribution in [0.25, 0.3) is 0 Å². The Morgan fingerprint density at radius 1 is 1.32 bits per heavy atom. The van der Waals surface area contributed by atoms with Crippen molar-refractivity contribution in [3.05, 3.63) is 21.7 Å². The van der Waals surface area contributed by atoms with E-state index in [2.05, 4.69) is 17.1 Å². The molecule has 8 heteroatoms. The van der Waals surface area contributed by atoms with Crippen molar-refractivity contribution in [1.82, 2.24) is 10.2 Å². The molecule has 6 nitrogen and oxygen atoms in total. The van der Waals surface area contributed by atoms with Crippen molar-refractivity contribution in [3.8, 4) is 11.5 Å². The second-order valence-corrected chi connectivity index (χ2v) is 8.19. The average molecular weight is 431 g/mol. The maximum atomic E-state index is 12.8. The second-order valence-electron chi connectivity index (χ2n) is 7.41. The van der Waals surface area contributed by atoms with Gasteiger partial charge in [-0.25, -0.2) is 0 Å². The number of hydrogen-bond donors (Lipinski definition) is 2. The van der Waals surface area contributed by atoms with Crippen molar-refractivity contribution in [3.63, 3.8) is 0 Å². The lowest BCUT2D eigenvalue weighted by molar-refractivity contribution is 0.0217. The number of piperidine rings is 1. The number of hydrogen-bond acceptors (Lipinski definition) is 5. The van der Waals surface area contributed by atoms with Crippen LogP contribution in [0.3, 0.4) is 0 Å². The molecule has 28 heavy (non-hydrogen) atoms. The number of benzene rings is 1. The van der Waals surface area contributed by atoms with E-state index < -0.39 is 6.10 Å². The van der Waals surface area contributed by atoms with Crippen molar-refractivity contribution in [2.75, 3.05) is 39.4 Å². The van der Waals surface area contributed by atoms with Crippen LogP contribution >= 0.6 is 23.2 Å². The van der Waals surface area contributed by atoms with Crippen LogP contribution in [0.15, 0.2) is 6.07 Å². The first-order valence-electron chi connectivity index (χ1n) is 9.97. The largest absolute Gasteiger partial charge is 0.489 e. The van der Waals surface area contributed by atoms with Crippen LogP contribution in [0, 0.1) is 5.92 Å². The highest BCUT2D eigenvalue weighted by molar-refractivity contribution is 6.43. The van der Waals surface area contributed by atoms with Crippen molar-refractivity contribution in [2.45, 2.75) is 38.7 Å². The number of β-amino-alcohol motifs (C(OH)–C–C–N with tert-alkyl or cyclic N) is 1. The molecule has 2 N–H and O–H groups in total. The highest BCUT2D eigenvalue weighted by Crippen LogP contribution is 2.44. The molecule has 156 valence electrons. The third-order valence-corrected chi connectivity index (χ3v) is 6.09. The van der Waals surface area contributed by atoms with Gasteiger partial charge in [0.25, 0.3) is 5.91 Å². The minimum absolute atomic E-state index is 0.0281. The minimum Gasteiger partial charge on any atom is -0.489 e. The highest BCUT2D eigenvalue weighted by Gasteiger charge is 2.29. The van der Waals surface area contributed by atoms with Gasteiger partial charge in [-0.1, -0.05) is 36.5 Å². The standard InChI is InChI=1S/C20H28Cl2N2O4/c1-2-3-6-24-7-5-13(16(25)12-24)11-23-20(26)14-10-15(21)17(22)19-18(14)27-8-4-9-28-19/h10,13,16,25H,2-9,11-12H2,1H3,(H,23,26)/t13-,16?/m0/s1. The Morgan fingerprint density at radius 3 is 2.79 bits per heavy atom. The first-order chi connectivity index (χ1) is 13.5. The summed E-state index contributed by atoms with van der Waals surface area (Å²) in [5.41, 5.74) is 0.307. The van der Waals surface area contributed by atoms with Gasteiger partial charge in [0.2, 0.25) is 0 Å². The van der Waals surface area contributed by atoms with Gasteiger partial charge in [-0.05, 0) is 32.0 Å². The van der Waals surface area contributed by atoms with Crippen LogP contribution in [-0.4, -0.2) is 61.4 Å². The third-order valence-electron chi connectivity index (χ3n) is 5.32. The van der Waals surface area contributed by atoms with Crippen LogP contribution in [0.2, 0.25) is 10.0 Å². The molecule has 2 heterocycles. The Hall–Kier alpha value is -1.21. The number of unbranched alkanes of at least 4 members (excludes halogenated alkanes) is 1. The van der Waals surface area contributed by atoms with Gasteiger partial charge in [-0.3, -0.25) is 4.79 Å². The van der Waals surface area contributed by atoms with E-state index in [4.69, 9.17) is 32.7 Å². The average Bonchev–Trinajstić information content (AvgIpc) is 2.94. The fourth-order valence-corrected chi connectivity index (χ4v) is 4.01. The maximum absolute atomic E-state index is 12.8. The van der Waals surface area contributed by atoms with Crippen LogP contribution < -0.4 is 14.8 Å². The Balaban J connectivity index is 1.63. The predicted molar refractivity (Wildman–Crippen MR) is 110 cm³/mol. The number of fused-ring (bicyclic) bond motifs is 1. The monoisotopic (exact) mass is 430 g/mol. The smallest absolute Gasteiger partial charge is 0.255 e. The molecule has 0 bridgehead atoms. The highest BCUT2D eigenvalue weighted by atomic mass is 35.5. The van der Waals surface area contributed by atoms with Crippen LogP contribution in [0.1, 0.15) is 43.0 Å². The molecule has 3 rings (SSSR count). The number of nitrogens with one attached hydrogen (secondary N) is 1. The zero-order chi connectivity index (χ0) is 20.1. The molecule has 0 aromatic heterocycles. The van der Waals surface area contributed by atoms with Gasteiger partial charge in [0.15, 0.2) is 11.5 Å². The molecule has 1 unspecified atom stereocenters. The number of aliphatic hydroxyl groups is 1. The first kappa shape index (κ1) is 21.5. The van der Waals surface area contributed by atoms with E-state index in [0.717, 1.165) is 32.4 Å². The number of carbonyl (C=O) groups is 1. The quantitative estimate of drug-likeness (QED) is 0.723. The fraction of sp³-hybridized carbons (Fsp3) is 0.650. The number of amides is 1. The Kier molecular flexibility index (Phi) is 7.69. The number of rotatable bonds is 6. The number of carbonyl (C=O) groups excluding carboxylic acids is 1. The summed E-state index contributed by atoms with van der Waals surface area (Å²) in [6.45, 7) is 6.07. The Bertz CT molecular complexity index is 701. The fourth-order valence-electron chi connectivity index (χ4n) is 3.62. The van der Waals surface area contributed by atoms with Gasteiger partial charge in [-0.2, -0.15) is 0 Å². The number of ether oxygens (including phenoxy) is 2. The van der Waals surface area contributed by atoms with Gasteiger partial charge in [-0.15, -0.1) is 0 Å². The maximum Gasteiger partial charge on any atom is 0.255 e. The summed E-state index contributed by atoms with van der Waals surface area (Å²) in [5.74, 6) is 0.377. The topological polar surface area (TPSA) is 71.0 Å². The molecular weight excluding hydrogens is 403 g/mol. The van der Waals surface area contributed by atoms with Crippen LogP contribution in [-0.2, 0) is 0 Å². The normalized spacial score (nSPS) is 22.6. The van der Waals surface area contributed by atoms with E-state index in [1.54, 1.807) is 0 Å². The molecule has 0 radical (unpaired) electrons. The van der Waals surface area contributed by atoms with Crippen LogP contribution in [0.4, 0.5) is 0 Å². The van der Waals surface area contributed by atoms with Gasteiger partial charge < -0.3 is 24.8 Å². The van der Waals surface area contributed by atoms with Crippen LogP contribution in [0.5, 0.6) is 11.5 Å². The molecule has 1 aromatic rings. The molecule has 1 amide bonds. The molecule has 2 atom stereocenters. The van der Waals surface area contributed by atoms with Gasteiger partial charge in [0, 0.05) is 25.4 Å². The number of likely N-dealkylation sites (tertiary alicyclic amines) is 1. The molecule has 1 saturated heterocycles. The lowest BCUT2D eigenvalue weighted by Gasteiger charge is -2.36. The van der Waals surface area contributed by atoms with Crippen molar-refractivity contribution >= 4 is 29.1 Å². The summed E-state index contributed by atoms with van der Waals surface area (Å²) in [6, 6.07) is 1.51. The SMILES string of the molecule is CCCCN1CC[C@@H](CNC(=O)c2cc(Cl)c(Cl)c3c2OCCCO3)C(O)C1. The molecule has 1 fully saturated rings. The summed E-state index contributed by atoms with van der Waals surface area (Å²) in [6.07, 6.45) is 3.39.